The second-order valence-corrected chi connectivity index (χ2v) is 5.72. The number of nitrogens with one attached hydrogen (secondary N) is 1. The van der Waals surface area contributed by atoms with Crippen LogP contribution >= 0.6 is 11.8 Å². The second kappa shape index (κ2) is 5.62. The summed E-state index contributed by atoms with van der Waals surface area (Å²) in [6.45, 7) is 2.37. The maximum Gasteiger partial charge on any atom is 0.0353 e. The zero-order valence-electron chi connectivity index (χ0n) is 10.2. The molecular formula is C14H21NS. The van der Waals surface area contributed by atoms with Crippen molar-refractivity contribution >= 4 is 17.4 Å². The molecule has 0 radical (unpaired) electrons. The summed E-state index contributed by atoms with van der Waals surface area (Å²) in [7, 11) is 0. The molecule has 2 atom stereocenters. The molecule has 1 fully saturated rings. The van der Waals surface area contributed by atoms with E-state index in [0.29, 0.717) is 6.04 Å². The number of rotatable bonds is 3. The van der Waals surface area contributed by atoms with Crippen LogP contribution in [0.2, 0.25) is 0 Å². The molecule has 1 aromatic rings. The Bertz CT molecular complexity index is 337. The molecular weight excluding hydrogens is 214 g/mol. The van der Waals surface area contributed by atoms with Gasteiger partial charge in [0.15, 0.2) is 0 Å². The zero-order valence-corrected chi connectivity index (χ0v) is 11.0. The lowest BCUT2D eigenvalue weighted by Gasteiger charge is -2.28. The zero-order chi connectivity index (χ0) is 11.4. The Morgan fingerprint density at radius 1 is 1.31 bits per heavy atom. The van der Waals surface area contributed by atoms with Gasteiger partial charge in [0.1, 0.15) is 0 Å². The van der Waals surface area contributed by atoms with E-state index < -0.39 is 0 Å². The van der Waals surface area contributed by atoms with Crippen molar-refractivity contribution in [1.82, 2.24) is 0 Å². The van der Waals surface area contributed by atoms with Crippen molar-refractivity contribution in [1.29, 1.82) is 0 Å². The fraction of sp³-hybridized carbons (Fsp3) is 0.571. The Labute approximate surface area is 103 Å². The van der Waals surface area contributed by atoms with Crippen LogP contribution in [0, 0.1) is 5.92 Å². The van der Waals surface area contributed by atoms with Gasteiger partial charge in [-0.1, -0.05) is 25.8 Å². The molecule has 0 heterocycles. The van der Waals surface area contributed by atoms with E-state index in [9.17, 15) is 0 Å². The van der Waals surface area contributed by atoms with Gasteiger partial charge >= 0.3 is 0 Å². The van der Waals surface area contributed by atoms with Crippen molar-refractivity contribution in [2.45, 2.75) is 43.5 Å². The minimum Gasteiger partial charge on any atom is -0.382 e. The van der Waals surface area contributed by atoms with Crippen LogP contribution in [-0.2, 0) is 0 Å². The predicted molar refractivity (Wildman–Crippen MR) is 73.3 cm³/mol. The fourth-order valence-electron chi connectivity index (χ4n) is 2.51. The molecule has 1 N–H and O–H groups in total. The van der Waals surface area contributed by atoms with Gasteiger partial charge in [0.2, 0.25) is 0 Å². The van der Waals surface area contributed by atoms with E-state index in [1.807, 2.05) is 0 Å². The molecule has 1 aliphatic rings. The first-order valence-corrected chi connectivity index (χ1v) is 7.41. The average molecular weight is 235 g/mol. The van der Waals surface area contributed by atoms with Crippen LogP contribution in [-0.4, -0.2) is 12.3 Å². The third-order valence-corrected chi connectivity index (χ3v) is 4.10. The molecule has 2 rings (SSSR count). The summed E-state index contributed by atoms with van der Waals surface area (Å²) in [4.78, 5) is 1.34. The maximum atomic E-state index is 3.67. The highest BCUT2D eigenvalue weighted by Gasteiger charge is 2.18. The molecule has 0 aromatic heterocycles. The molecule has 1 aromatic carbocycles. The van der Waals surface area contributed by atoms with E-state index in [1.54, 1.807) is 11.8 Å². The first-order chi connectivity index (χ1) is 7.78. The predicted octanol–water partition coefficient (Wildman–Crippen LogP) is 4.40. The van der Waals surface area contributed by atoms with Crippen molar-refractivity contribution < 1.29 is 0 Å². The summed E-state index contributed by atoms with van der Waals surface area (Å²) >= 11 is 1.81. The number of benzene rings is 1. The largest absolute Gasteiger partial charge is 0.382 e. The fourth-order valence-corrected chi connectivity index (χ4v) is 2.97. The van der Waals surface area contributed by atoms with Crippen molar-refractivity contribution in [3.63, 3.8) is 0 Å². The molecule has 0 saturated heterocycles. The van der Waals surface area contributed by atoms with E-state index in [4.69, 9.17) is 0 Å². The number of hydrogen-bond acceptors (Lipinski definition) is 2. The van der Waals surface area contributed by atoms with E-state index in [0.717, 1.165) is 5.92 Å². The van der Waals surface area contributed by atoms with Gasteiger partial charge in [0.05, 0.1) is 0 Å². The Morgan fingerprint density at radius 3 is 2.94 bits per heavy atom. The van der Waals surface area contributed by atoms with E-state index >= 15 is 0 Å². The summed E-state index contributed by atoms with van der Waals surface area (Å²) in [5.74, 6) is 0.884. The SMILES string of the molecule is CSc1cccc(NC2CCCC(C)C2)c1. The van der Waals surface area contributed by atoms with Crippen LogP contribution in [0.5, 0.6) is 0 Å². The van der Waals surface area contributed by atoms with Crippen LogP contribution in [0.25, 0.3) is 0 Å². The molecule has 1 aliphatic carbocycles. The first-order valence-electron chi connectivity index (χ1n) is 6.18. The topological polar surface area (TPSA) is 12.0 Å². The lowest BCUT2D eigenvalue weighted by atomic mass is 9.87. The number of thioether (sulfide) groups is 1. The molecule has 0 aliphatic heterocycles. The van der Waals surface area contributed by atoms with Crippen molar-refractivity contribution in [3.8, 4) is 0 Å². The summed E-state index contributed by atoms with van der Waals surface area (Å²) in [5, 5.41) is 3.67. The highest BCUT2D eigenvalue weighted by atomic mass is 32.2. The minimum absolute atomic E-state index is 0.681. The second-order valence-electron chi connectivity index (χ2n) is 4.84. The van der Waals surface area contributed by atoms with Crippen molar-refractivity contribution in [3.05, 3.63) is 24.3 Å². The minimum atomic E-state index is 0.681. The Morgan fingerprint density at radius 2 is 2.19 bits per heavy atom. The standard InChI is InChI=1S/C14H21NS/c1-11-5-3-6-12(9-11)15-13-7-4-8-14(10-13)16-2/h4,7-8,10-12,15H,3,5-6,9H2,1-2H3. The van der Waals surface area contributed by atoms with Crippen LogP contribution in [0.3, 0.4) is 0 Å². The van der Waals surface area contributed by atoms with Gasteiger partial charge in [-0.25, -0.2) is 0 Å². The van der Waals surface area contributed by atoms with E-state index in [-0.39, 0.29) is 0 Å². The van der Waals surface area contributed by atoms with Crippen LogP contribution in [0.1, 0.15) is 32.6 Å². The maximum absolute atomic E-state index is 3.67. The van der Waals surface area contributed by atoms with Gasteiger partial charge in [-0.3, -0.25) is 0 Å². The monoisotopic (exact) mass is 235 g/mol. The summed E-state index contributed by atoms with van der Waals surface area (Å²) < 4.78 is 0. The summed E-state index contributed by atoms with van der Waals surface area (Å²) in [6, 6.07) is 9.42. The number of anilines is 1. The Kier molecular flexibility index (Phi) is 4.16. The third-order valence-electron chi connectivity index (χ3n) is 3.38. The lowest BCUT2D eigenvalue weighted by Crippen LogP contribution is -2.26. The van der Waals surface area contributed by atoms with E-state index in [1.165, 1.54) is 36.3 Å². The molecule has 0 bridgehead atoms. The van der Waals surface area contributed by atoms with Gasteiger partial charge in [-0.2, -0.15) is 0 Å². The van der Waals surface area contributed by atoms with Gasteiger partial charge in [0, 0.05) is 16.6 Å². The van der Waals surface area contributed by atoms with Gasteiger partial charge in [0.25, 0.3) is 0 Å². The highest BCUT2D eigenvalue weighted by molar-refractivity contribution is 7.98. The molecule has 88 valence electrons. The number of hydrogen-bond donors (Lipinski definition) is 1. The first kappa shape index (κ1) is 11.8. The summed E-state index contributed by atoms with van der Waals surface area (Å²) in [5.41, 5.74) is 1.28. The van der Waals surface area contributed by atoms with Crippen molar-refractivity contribution in [2.24, 2.45) is 5.92 Å². The molecule has 1 nitrogen and oxygen atoms in total. The molecule has 0 amide bonds. The van der Waals surface area contributed by atoms with Crippen LogP contribution < -0.4 is 5.32 Å². The van der Waals surface area contributed by atoms with Gasteiger partial charge in [-0.15, -0.1) is 11.8 Å². The highest BCUT2D eigenvalue weighted by Crippen LogP contribution is 2.27. The molecule has 16 heavy (non-hydrogen) atoms. The third kappa shape index (κ3) is 3.18. The van der Waals surface area contributed by atoms with Crippen molar-refractivity contribution in [2.75, 3.05) is 11.6 Å². The normalized spacial score (nSPS) is 25.4. The Balaban J connectivity index is 1.97. The average Bonchev–Trinajstić information content (AvgIpc) is 2.29. The quantitative estimate of drug-likeness (QED) is 0.779. The van der Waals surface area contributed by atoms with Gasteiger partial charge in [-0.05, 0) is 43.2 Å². The van der Waals surface area contributed by atoms with Crippen LogP contribution in [0.4, 0.5) is 5.69 Å². The molecule has 1 saturated carbocycles. The lowest BCUT2D eigenvalue weighted by molar-refractivity contribution is 0.358. The Hall–Kier alpha value is -0.630. The van der Waals surface area contributed by atoms with E-state index in [2.05, 4.69) is 42.8 Å². The molecule has 2 heteroatoms. The smallest absolute Gasteiger partial charge is 0.0353 e. The van der Waals surface area contributed by atoms with Gasteiger partial charge < -0.3 is 5.32 Å². The summed E-state index contributed by atoms with van der Waals surface area (Å²) in [6.07, 6.45) is 7.56. The molecule has 0 spiro atoms. The van der Waals surface area contributed by atoms with Crippen LogP contribution in [0.15, 0.2) is 29.2 Å². The molecule has 2 unspecified atom stereocenters.